The van der Waals surface area contributed by atoms with Crippen molar-refractivity contribution in [1.82, 2.24) is 20.0 Å². The van der Waals surface area contributed by atoms with Crippen LogP contribution in [0.1, 0.15) is 16.2 Å². The third-order valence-corrected chi connectivity index (χ3v) is 4.89. The van der Waals surface area contributed by atoms with Crippen LogP contribution in [0.5, 0.6) is 5.75 Å². The van der Waals surface area contributed by atoms with E-state index < -0.39 is 21.5 Å². The molecule has 1 aromatic carbocycles. The quantitative estimate of drug-likeness (QED) is 0.185. The van der Waals surface area contributed by atoms with Gasteiger partial charge in [0.2, 0.25) is 10.0 Å². The molecule has 8 N–H and O–H groups in total. The number of amides is 1. The molecule has 1 heterocycles. The number of anilines is 1. The zero-order chi connectivity index (χ0) is 20.9. The number of hydrogen-bond acceptors (Lipinski definition) is 8. The van der Waals surface area contributed by atoms with E-state index in [0.717, 1.165) is 0 Å². The Labute approximate surface area is 159 Å². The Morgan fingerprint density at radius 2 is 1.96 bits per heavy atom. The fourth-order valence-corrected chi connectivity index (χ4v) is 3.03. The minimum Gasteiger partial charge on any atom is -0.508 e. The maximum atomic E-state index is 12.1. The second-order valence-electron chi connectivity index (χ2n) is 5.52. The monoisotopic (exact) mass is 409 g/mol. The molecule has 0 aliphatic carbocycles. The lowest BCUT2D eigenvalue weighted by Crippen LogP contribution is -2.39. The summed E-state index contributed by atoms with van der Waals surface area (Å²) in [5, 5.41) is 11.4. The number of phenolic OH excluding ortho intramolecular Hbond substituents is 1. The van der Waals surface area contributed by atoms with Crippen LogP contribution in [0.3, 0.4) is 0 Å². The van der Waals surface area contributed by atoms with Gasteiger partial charge in [-0.2, -0.15) is 0 Å². The van der Waals surface area contributed by atoms with Gasteiger partial charge < -0.3 is 21.6 Å². The molecule has 2 aromatic rings. The molecule has 2 rings (SSSR count). The summed E-state index contributed by atoms with van der Waals surface area (Å²) in [6.45, 7) is 1.28. The topological polar surface area (TPSA) is 206 Å². The van der Waals surface area contributed by atoms with Crippen LogP contribution < -0.4 is 27.1 Å². The molecule has 0 fully saturated rings. The largest absolute Gasteiger partial charge is 0.508 e. The van der Waals surface area contributed by atoms with Crippen LogP contribution in [0.2, 0.25) is 0 Å². The Morgan fingerprint density at radius 3 is 2.61 bits per heavy atom. The van der Waals surface area contributed by atoms with E-state index in [1.807, 2.05) is 0 Å². The van der Waals surface area contributed by atoms with Gasteiger partial charge in [0.1, 0.15) is 17.1 Å². The number of nitrogen functional groups attached to an aromatic ring is 1. The number of benzene rings is 1. The summed E-state index contributed by atoms with van der Waals surface area (Å²) < 4.78 is 26.4. The van der Waals surface area contributed by atoms with Crippen molar-refractivity contribution in [3.8, 4) is 5.75 Å². The van der Waals surface area contributed by atoms with E-state index in [-0.39, 0.29) is 46.9 Å². The predicted octanol–water partition coefficient (Wildman–Crippen LogP) is -1.61. The number of carbonyl (C=O) groups is 1. The van der Waals surface area contributed by atoms with E-state index >= 15 is 0 Å². The third kappa shape index (κ3) is 5.28. The summed E-state index contributed by atoms with van der Waals surface area (Å²) >= 11 is 0. The lowest BCUT2D eigenvalue weighted by molar-refractivity contribution is 0.0972. The maximum absolute atomic E-state index is 12.1. The molecule has 150 valence electrons. The van der Waals surface area contributed by atoms with Crippen molar-refractivity contribution >= 4 is 27.7 Å². The van der Waals surface area contributed by atoms with Crippen molar-refractivity contribution in [2.75, 3.05) is 18.8 Å². The van der Waals surface area contributed by atoms with Crippen LogP contribution in [0.25, 0.3) is 0 Å². The van der Waals surface area contributed by atoms with Gasteiger partial charge in [-0.3, -0.25) is 19.9 Å². The molecule has 0 aliphatic heterocycles. The van der Waals surface area contributed by atoms with Gasteiger partial charge >= 0.3 is 0 Å². The normalized spacial score (nSPS) is 12.0. The van der Waals surface area contributed by atoms with Crippen molar-refractivity contribution in [2.24, 2.45) is 10.7 Å². The SMILES string of the molecule is Cc1nc(N)c(C(=O)NC(N)=NCCNS(=O)(=O)c2ccc(O)cc2)[nH]c1=O. The number of guanidine groups is 1. The number of aromatic amines is 1. The Kier molecular flexibility index (Phi) is 6.33. The first-order chi connectivity index (χ1) is 13.1. The van der Waals surface area contributed by atoms with Gasteiger partial charge in [-0.15, -0.1) is 0 Å². The molecular weight excluding hydrogens is 390 g/mol. The molecule has 28 heavy (non-hydrogen) atoms. The van der Waals surface area contributed by atoms with E-state index in [4.69, 9.17) is 11.5 Å². The highest BCUT2D eigenvalue weighted by molar-refractivity contribution is 7.89. The van der Waals surface area contributed by atoms with Gasteiger partial charge in [0, 0.05) is 6.54 Å². The molecule has 0 unspecified atom stereocenters. The van der Waals surface area contributed by atoms with Gasteiger partial charge in [-0.25, -0.2) is 18.1 Å². The Balaban J connectivity index is 1.92. The standard InChI is InChI=1S/C15H19N7O5S/c1-8-13(24)21-11(12(16)20-8)14(25)22-15(17)18-6-7-19-28(26,27)10-4-2-9(23)3-5-10/h2-5,19,23H,6-7H2,1H3,(H2,16,20)(H,21,24)(H3,17,18,22,25). The second-order valence-corrected chi connectivity index (χ2v) is 7.29. The molecule has 0 spiro atoms. The van der Waals surface area contributed by atoms with Gasteiger partial charge in [0.05, 0.1) is 11.4 Å². The lowest BCUT2D eigenvalue weighted by Gasteiger charge is -2.08. The van der Waals surface area contributed by atoms with Crippen LogP contribution >= 0.6 is 0 Å². The van der Waals surface area contributed by atoms with Crippen molar-refractivity contribution in [3.05, 3.63) is 46.0 Å². The molecule has 13 heteroatoms. The average molecular weight is 409 g/mol. The van der Waals surface area contributed by atoms with E-state index in [1.54, 1.807) is 0 Å². The molecule has 0 bridgehead atoms. The number of carbonyl (C=O) groups excluding carboxylic acids is 1. The number of phenols is 1. The van der Waals surface area contributed by atoms with Gasteiger partial charge in [0.25, 0.3) is 11.5 Å². The molecular formula is C15H19N7O5S. The Bertz CT molecular complexity index is 1060. The molecule has 0 atom stereocenters. The number of aliphatic imine (C=N–C) groups is 1. The fraction of sp³-hybridized carbons (Fsp3) is 0.200. The molecule has 0 saturated heterocycles. The summed E-state index contributed by atoms with van der Waals surface area (Å²) in [6, 6.07) is 4.99. The first-order valence-corrected chi connectivity index (χ1v) is 9.35. The number of sulfonamides is 1. The average Bonchev–Trinajstić information content (AvgIpc) is 2.62. The maximum Gasteiger partial charge on any atom is 0.278 e. The number of rotatable bonds is 6. The predicted molar refractivity (Wildman–Crippen MR) is 101 cm³/mol. The van der Waals surface area contributed by atoms with Crippen LogP contribution in [0.15, 0.2) is 38.9 Å². The summed E-state index contributed by atoms with van der Waals surface area (Å²) in [7, 11) is -3.78. The summed E-state index contributed by atoms with van der Waals surface area (Å²) in [4.78, 5) is 33.4. The van der Waals surface area contributed by atoms with Gasteiger partial charge in [-0.1, -0.05) is 0 Å². The molecule has 1 aromatic heterocycles. The van der Waals surface area contributed by atoms with E-state index in [9.17, 15) is 23.1 Å². The van der Waals surface area contributed by atoms with Crippen molar-refractivity contribution < 1.29 is 18.3 Å². The highest BCUT2D eigenvalue weighted by atomic mass is 32.2. The van der Waals surface area contributed by atoms with Gasteiger partial charge in [-0.05, 0) is 31.2 Å². The zero-order valence-electron chi connectivity index (χ0n) is 14.8. The minimum absolute atomic E-state index is 0.0261. The number of nitrogens with zero attached hydrogens (tertiary/aromatic N) is 2. The van der Waals surface area contributed by atoms with Crippen molar-refractivity contribution in [1.29, 1.82) is 0 Å². The Morgan fingerprint density at radius 1 is 1.32 bits per heavy atom. The van der Waals surface area contributed by atoms with Crippen molar-refractivity contribution in [3.63, 3.8) is 0 Å². The number of aromatic hydroxyl groups is 1. The Hall–Kier alpha value is -3.45. The van der Waals surface area contributed by atoms with Gasteiger partial charge in [0.15, 0.2) is 11.8 Å². The first-order valence-electron chi connectivity index (χ1n) is 7.86. The number of aromatic nitrogens is 2. The molecule has 1 amide bonds. The van der Waals surface area contributed by atoms with E-state index in [2.05, 4.69) is 25.0 Å². The zero-order valence-corrected chi connectivity index (χ0v) is 15.6. The van der Waals surface area contributed by atoms with Crippen LogP contribution in [-0.4, -0.2) is 48.4 Å². The number of hydrogen-bond donors (Lipinski definition) is 6. The molecule has 0 saturated carbocycles. The molecule has 12 nitrogen and oxygen atoms in total. The first kappa shape index (κ1) is 20.9. The lowest BCUT2D eigenvalue weighted by atomic mass is 10.3. The fourth-order valence-electron chi connectivity index (χ4n) is 2.01. The number of nitrogens with two attached hydrogens (primary N) is 2. The van der Waals surface area contributed by atoms with Crippen LogP contribution in [0.4, 0.5) is 5.82 Å². The number of aryl methyl sites for hydroxylation is 1. The number of H-pyrrole nitrogens is 1. The third-order valence-electron chi connectivity index (χ3n) is 3.41. The summed E-state index contributed by atoms with van der Waals surface area (Å²) in [5.74, 6) is -1.34. The summed E-state index contributed by atoms with van der Waals surface area (Å²) in [5.41, 5.74) is 10.4. The van der Waals surface area contributed by atoms with Crippen molar-refractivity contribution in [2.45, 2.75) is 11.8 Å². The number of nitrogens with one attached hydrogen (secondary N) is 3. The molecule has 0 radical (unpaired) electrons. The van der Waals surface area contributed by atoms with Crippen LogP contribution in [0, 0.1) is 6.92 Å². The van der Waals surface area contributed by atoms with E-state index in [0.29, 0.717) is 0 Å². The second kappa shape index (κ2) is 8.49. The van der Waals surface area contributed by atoms with E-state index in [1.165, 1.54) is 31.2 Å². The highest BCUT2D eigenvalue weighted by Gasteiger charge is 2.15. The summed E-state index contributed by atoms with van der Waals surface area (Å²) in [6.07, 6.45) is 0. The minimum atomic E-state index is -3.78. The smallest absolute Gasteiger partial charge is 0.278 e. The molecule has 0 aliphatic rings. The highest BCUT2D eigenvalue weighted by Crippen LogP contribution is 2.13. The van der Waals surface area contributed by atoms with Crippen LogP contribution in [-0.2, 0) is 10.0 Å².